The van der Waals surface area contributed by atoms with E-state index in [-0.39, 0.29) is 12.1 Å². The molecular formula is C48H35BO2. The van der Waals surface area contributed by atoms with Crippen molar-refractivity contribution in [2.45, 2.75) is 26.2 Å². The zero-order valence-corrected chi connectivity index (χ0v) is 28.9. The van der Waals surface area contributed by atoms with Gasteiger partial charge in [0.15, 0.2) is 0 Å². The van der Waals surface area contributed by atoms with Gasteiger partial charge in [-0.2, -0.15) is 0 Å². The second-order valence-electron chi connectivity index (χ2n) is 14.9. The maximum absolute atomic E-state index is 6.84. The number of benzene rings is 8. The lowest BCUT2D eigenvalue weighted by atomic mass is 9.34. The standard InChI is InChI=1S/C48H35BO2/c1-48(2,3)34-24-25-40-42(29-34)51-44-28-33(27-43-47(44)49(40)39-22-11-12-23-41(39)50-43)31-16-13-17-32(26-31)46-37-20-9-7-18-35(37)45(30-14-5-4-6-15-30)36-19-8-10-21-38(36)46/h4-29H,1-3H3. The summed E-state index contributed by atoms with van der Waals surface area (Å²) in [5.41, 5.74) is 11.8. The first kappa shape index (κ1) is 29.8. The van der Waals surface area contributed by atoms with E-state index in [0.717, 1.165) is 39.6 Å². The Kier molecular flexibility index (Phi) is 6.57. The van der Waals surface area contributed by atoms with Crippen molar-refractivity contribution in [3.63, 3.8) is 0 Å². The molecule has 8 aromatic rings. The van der Waals surface area contributed by atoms with Crippen LogP contribution in [0.25, 0.3) is 54.9 Å². The maximum atomic E-state index is 6.84. The number of ether oxygens (including phenoxy) is 2. The molecule has 0 atom stereocenters. The summed E-state index contributed by atoms with van der Waals surface area (Å²) < 4.78 is 13.5. The Bertz CT molecular complexity index is 2630. The van der Waals surface area contributed by atoms with Crippen molar-refractivity contribution in [1.29, 1.82) is 0 Å². The zero-order valence-electron chi connectivity index (χ0n) is 28.9. The van der Waals surface area contributed by atoms with Gasteiger partial charge in [0, 0.05) is 5.46 Å². The summed E-state index contributed by atoms with van der Waals surface area (Å²) >= 11 is 0. The third-order valence-corrected chi connectivity index (χ3v) is 10.7. The molecule has 0 saturated heterocycles. The summed E-state index contributed by atoms with van der Waals surface area (Å²) in [7, 11) is 0. The van der Waals surface area contributed by atoms with E-state index in [2.05, 4.69) is 178 Å². The molecule has 0 bridgehead atoms. The minimum atomic E-state index is 0.00728. The summed E-state index contributed by atoms with van der Waals surface area (Å²) in [5.74, 6) is 3.53. The Labute approximate surface area is 299 Å². The van der Waals surface area contributed by atoms with E-state index in [1.165, 1.54) is 60.3 Å². The number of rotatable bonds is 3. The summed E-state index contributed by atoms with van der Waals surface area (Å²) in [5, 5.41) is 4.98. The Morgan fingerprint density at radius 1 is 0.392 bits per heavy atom. The SMILES string of the molecule is CC(C)(C)c1ccc2c(c1)Oc1cc(-c3cccc(-c4c5ccccc5c(-c5ccccc5)c5ccccc45)c3)cc3c1B2c1ccccc1O3. The van der Waals surface area contributed by atoms with Gasteiger partial charge in [-0.15, -0.1) is 0 Å². The van der Waals surface area contributed by atoms with Crippen LogP contribution < -0.4 is 25.9 Å². The van der Waals surface area contributed by atoms with Crippen LogP contribution in [0.4, 0.5) is 0 Å². The number of hydrogen-bond donors (Lipinski definition) is 0. The molecular weight excluding hydrogens is 619 g/mol. The van der Waals surface area contributed by atoms with E-state index in [4.69, 9.17) is 9.47 Å². The summed E-state index contributed by atoms with van der Waals surface area (Å²) in [6, 6.07) is 56.9. The van der Waals surface area contributed by atoms with Crippen LogP contribution in [0.5, 0.6) is 23.0 Å². The minimum Gasteiger partial charge on any atom is -0.458 e. The van der Waals surface area contributed by atoms with Crippen LogP contribution in [-0.4, -0.2) is 6.71 Å². The molecule has 0 unspecified atom stereocenters. The molecule has 8 aromatic carbocycles. The van der Waals surface area contributed by atoms with Gasteiger partial charge in [0.1, 0.15) is 23.0 Å². The highest BCUT2D eigenvalue weighted by atomic mass is 16.5. The Morgan fingerprint density at radius 3 is 1.59 bits per heavy atom. The number of para-hydroxylation sites is 1. The maximum Gasteiger partial charge on any atom is 0.260 e. The second kappa shape index (κ2) is 11.2. The first-order valence-electron chi connectivity index (χ1n) is 17.8. The summed E-state index contributed by atoms with van der Waals surface area (Å²) in [4.78, 5) is 0. The molecule has 0 fully saturated rings. The van der Waals surface area contributed by atoms with Crippen LogP contribution in [-0.2, 0) is 5.41 Å². The zero-order chi connectivity index (χ0) is 34.3. The van der Waals surface area contributed by atoms with Gasteiger partial charge >= 0.3 is 0 Å². The Hall–Kier alpha value is -6.06. The highest BCUT2D eigenvalue weighted by Gasteiger charge is 2.40. The van der Waals surface area contributed by atoms with E-state index < -0.39 is 0 Å². The fourth-order valence-corrected chi connectivity index (χ4v) is 8.29. The molecule has 2 heterocycles. The third-order valence-electron chi connectivity index (χ3n) is 10.7. The van der Waals surface area contributed by atoms with Crippen molar-refractivity contribution >= 4 is 44.6 Å². The third kappa shape index (κ3) is 4.72. The smallest absolute Gasteiger partial charge is 0.260 e. The van der Waals surface area contributed by atoms with Gasteiger partial charge in [-0.1, -0.05) is 148 Å². The van der Waals surface area contributed by atoms with Crippen LogP contribution in [0.15, 0.2) is 158 Å². The highest BCUT2D eigenvalue weighted by Crippen LogP contribution is 2.45. The summed E-state index contributed by atoms with van der Waals surface area (Å²) in [6.07, 6.45) is 0. The fraction of sp³-hybridized carbons (Fsp3) is 0.0833. The molecule has 0 radical (unpaired) electrons. The molecule has 0 saturated carbocycles. The average Bonchev–Trinajstić information content (AvgIpc) is 3.16. The van der Waals surface area contributed by atoms with Crippen LogP contribution in [0.3, 0.4) is 0 Å². The number of fused-ring (bicyclic) bond motifs is 6. The average molecular weight is 655 g/mol. The molecule has 2 aliphatic heterocycles. The molecule has 0 spiro atoms. The van der Waals surface area contributed by atoms with Crippen LogP contribution in [0.2, 0.25) is 0 Å². The highest BCUT2D eigenvalue weighted by molar-refractivity contribution is 6.98. The molecule has 10 rings (SSSR count). The van der Waals surface area contributed by atoms with Crippen molar-refractivity contribution in [3.8, 4) is 56.4 Å². The quantitative estimate of drug-likeness (QED) is 0.139. The molecule has 0 N–H and O–H groups in total. The molecule has 0 aromatic heterocycles. The predicted molar refractivity (Wildman–Crippen MR) is 214 cm³/mol. The second-order valence-corrected chi connectivity index (χ2v) is 14.9. The molecule has 0 aliphatic carbocycles. The van der Waals surface area contributed by atoms with Crippen molar-refractivity contribution < 1.29 is 9.47 Å². The van der Waals surface area contributed by atoms with E-state index in [9.17, 15) is 0 Å². The van der Waals surface area contributed by atoms with Crippen molar-refractivity contribution in [1.82, 2.24) is 0 Å². The van der Waals surface area contributed by atoms with Gasteiger partial charge in [-0.05, 0) is 107 Å². The monoisotopic (exact) mass is 654 g/mol. The molecule has 0 amide bonds. The van der Waals surface area contributed by atoms with E-state index in [1.807, 2.05) is 0 Å². The first-order chi connectivity index (χ1) is 24.9. The largest absolute Gasteiger partial charge is 0.458 e. The van der Waals surface area contributed by atoms with Crippen molar-refractivity contribution in [3.05, 3.63) is 163 Å². The van der Waals surface area contributed by atoms with Crippen molar-refractivity contribution in [2.75, 3.05) is 0 Å². The molecule has 51 heavy (non-hydrogen) atoms. The van der Waals surface area contributed by atoms with Crippen LogP contribution in [0.1, 0.15) is 26.3 Å². The normalized spacial score (nSPS) is 12.9. The minimum absolute atomic E-state index is 0.00728. The Morgan fingerprint density at radius 2 is 0.922 bits per heavy atom. The molecule has 2 nitrogen and oxygen atoms in total. The Balaban J connectivity index is 1.16. The first-order valence-corrected chi connectivity index (χ1v) is 17.8. The van der Waals surface area contributed by atoms with Gasteiger partial charge < -0.3 is 9.47 Å². The van der Waals surface area contributed by atoms with E-state index >= 15 is 0 Å². The summed E-state index contributed by atoms with van der Waals surface area (Å²) in [6.45, 7) is 6.79. The van der Waals surface area contributed by atoms with E-state index in [1.54, 1.807) is 0 Å². The van der Waals surface area contributed by atoms with Crippen molar-refractivity contribution in [2.24, 2.45) is 0 Å². The van der Waals surface area contributed by atoms with Crippen LogP contribution in [0, 0.1) is 0 Å². The van der Waals surface area contributed by atoms with Gasteiger partial charge in [0.25, 0.3) is 6.71 Å². The van der Waals surface area contributed by atoms with Gasteiger partial charge in [-0.25, -0.2) is 0 Å². The molecule has 3 heteroatoms. The lowest BCUT2D eigenvalue weighted by Gasteiger charge is -2.34. The molecule has 242 valence electrons. The topological polar surface area (TPSA) is 18.5 Å². The fourth-order valence-electron chi connectivity index (χ4n) is 8.29. The lowest BCUT2D eigenvalue weighted by Crippen LogP contribution is -2.57. The van der Waals surface area contributed by atoms with E-state index in [0.29, 0.717) is 0 Å². The molecule has 2 aliphatic rings. The van der Waals surface area contributed by atoms with Gasteiger partial charge in [0.2, 0.25) is 0 Å². The van der Waals surface area contributed by atoms with Gasteiger partial charge in [0.05, 0.1) is 0 Å². The predicted octanol–water partition coefficient (Wildman–Crippen LogP) is 11.0. The van der Waals surface area contributed by atoms with Gasteiger partial charge in [-0.3, -0.25) is 0 Å². The van der Waals surface area contributed by atoms with Crippen LogP contribution >= 0.6 is 0 Å². The lowest BCUT2D eigenvalue weighted by molar-refractivity contribution is 0.463. The number of hydrogen-bond acceptors (Lipinski definition) is 2.